The lowest BCUT2D eigenvalue weighted by molar-refractivity contribution is 0.386. The molecular weight excluding hydrogens is 287 g/mol. The van der Waals surface area contributed by atoms with Crippen LogP contribution in [0.25, 0.3) is 0 Å². The van der Waals surface area contributed by atoms with Crippen molar-refractivity contribution in [2.24, 2.45) is 0 Å². The van der Waals surface area contributed by atoms with Gasteiger partial charge in [-0.05, 0) is 30.7 Å². The lowest BCUT2D eigenvalue weighted by Crippen LogP contribution is -1.94. The number of halogens is 2. The standard InChI is InChI=1S/C13H12BrFO2/c1-8-5-10(7-17-8)13(14)9-3-4-12(16-2)11(15)6-9/h3-7,13H,1-2H3. The van der Waals surface area contributed by atoms with E-state index in [4.69, 9.17) is 9.15 Å². The topological polar surface area (TPSA) is 22.4 Å². The maximum atomic E-state index is 13.6. The lowest BCUT2D eigenvalue weighted by atomic mass is 10.1. The van der Waals surface area contributed by atoms with Crippen LogP contribution in [0.1, 0.15) is 21.7 Å². The van der Waals surface area contributed by atoms with E-state index in [0.717, 1.165) is 16.9 Å². The average molecular weight is 299 g/mol. The summed E-state index contributed by atoms with van der Waals surface area (Å²) in [6.07, 6.45) is 1.66. The minimum absolute atomic E-state index is 0.0830. The third-order valence-electron chi connectivity index (χ3n) is 2.51. The molecule has 2 nitrogen and oxygen atoms in total. The predicted octanol–water partition coefficient (Wildman–Crippen LogP) is 4.22. The molecule has 2 aromatic rings. The van der Waals surface area contributed by atoms with Crippen molar-refractivity contribution < 1.29 is 13.5 Å². The van der Waals surface area contributed by atoms with Gasteiger partial charge in [0.15, 0.2) is 11.6 Å². The van der Waals surface area contributed by atoms with Crippen LogP contribution in [0.15, 0.2) is 34.9 Å². The van der Waals surface area contributed by atoms with Crippen LogP contribution in [0.2, 0.25) is 0 Å². The molecule has 0 amide bonds. The quantitative estimate of drug-likeness (QED) is 0.792. The molecule has 0 saturated carbocycles. The molecule has 0 fully saturated rings. The molecule has 0 aliphatic heterocycles. The highest BCUT2D eigenvalue weighted by Gasteiger charge is 2.14. The zero-order valence-corrected chi connectivity index (χ0v) is 11.1. The fourth-order valence-corrected chi connectivity index (χ4v) is 2.15. The van der Waals surface area contributed by atoms with Crippen molar-refractivity contribution in [2.75, 3.05) is 7.11 Å². The van der Waals surface area contributed by atoms with Gasteiger partial charge in [0.25, 0.3) is 0 Å². The van der Waals surface area contributed by atoms with Crippen molar-refractivity contribution >= 4 is 15.9 Å². The van der Waals surface area contributed by atoms with Crippen molar-refractivity contribution in [3.8, 4) is 5.75 Å². The highest BCUT2D eigenvalue weighted by molar-refractivity contribution is 9.09. The van der Waals surface area contributed by atoms with Crippen molar-refractivity contribution in [1.29, 1.82) is 0 Å². The summed E-state index contributed by atoms with van der Waals surface area (Å²) in [6.45, 7) is 1.87. The van der Waals surface area contributed by atoms with E-state index >= 15 is 0 Å². The Hall–Kier alpha value is -1.29. The molecule has 0 bridgehead atoms. The molecule has 0 aliphatic rings. The van der Waals surface area contributed by atoms with Gasteiger partial charge in [0, 0.05) is 5.56 Å². The van der Waals surface area contributed by atoms with Crippen LogP contribution in [0.4, 0.5) is 4.39 Å². The Labute approximate surface area is 108 Å². The summed E-state index contributed by atoms with van der Waals surface area (Å²) >= 11 is 3.52. The Morgan fingerprint density at radius 3 is 2.59 bits per heavy atom. The number of ether oxygens (including phenoxy) is 1. The second-order valence-electron chi connectivity index (χ2n) is 3.75. The molecule has 2 rings (SSSR count). The SMILES string of the molecule is COc1ccc(C(Br)c2coc(C)c2)cc1F. The molecule has 1 atom stereocenters. The molecule has 0 radical (unpaired) electrons. The third-order valence-corrected chi connectivity index (χ3v) is 3.57. The zero-order chi connectivity index (χ0) is 12.4. The molecule has 1 aromatic heterocycles. The Morgan fingerprint density at radius 1 is 1.29 bits per heavy atom. The third kappa shape index (κ3) is 2.52. The average Bonchev–Trinajstić information content (AvgIpc) is 2.75. The molecule has 0 N–H and O–H groups in total. The molecule has 0 spiro atoms. The van der Waals surface area contributed by atoms with Crippen molar-refractivity contribution in [3.63, 3.8) is 0 Å². The van der Waals surface area contributed by atoms with E-state index in [9.17, 15) is 4.39 Å². The minimum Gasteiger partial charge on any atom is -0.494 e. The van der Waals surface area contributed by atoms with Crippen LogP contribution in [0, 0.1) is 12.7 Å². The van der Waals surface area contributed by atoms with Crippen LogP contribution < -0.4 is 4.74 Å². The van der Waals surface area contributed by atoms with Gasteiger partial charge in [0.05, 0.1) is 18.2 Å². The lowest BCUT2D eigenvalue weighted by Gasteiger charge is -2.09. The summed E-state index contributed by atoms with van der Waals surface area (Å²) in [5.41, 5.74) is 1.79. The molecule has 1 aromatic carbocycles. The second kappa shape index (κ2) is 4.92. The minimum atomic E-state index is -0.366. The van der Waals surface area contributed by atoms with Crippen LogP contribution in [0.3, 0.4) is 0 Å². The van der Waals surface area contributed by atoms with Gasteiger partial charge >= 0.3 is 0 Å². The molecule has 0 aliphatic carbocycles. The Kier molecular flexibility index (Phi) is 3.52. The van der Waals surface area contributed by atoms with Gasteiger partial charge in [-0.3, -0.25) is 0 Å². The summed E-state index contributed by atoms with van der Waals surface area (Å²) in [5.74, 6) is 0.713. The first-order chi connectivity index (χ1) is 8.11. The maximum absolute atomic E-state index is 13.6. The number of methoxy groups -OCH3 is 1. The van der Waals surface area contributed by atoms with Crippen LogP contribution in [-0.4, -0.2) is 7.11 Å². The van der Waals surface area contributed by atoms with E-state index in [1.54, 1.807) is 12.3 Å². The van der Waals surface area contributed by atoms with Gasteiger partial charge in [-0.2, -0.15) is 0 Å². The maximum Gasteiger partial charge on any atom is 0.165 e. The fourth-order valence-electron chi connectivity index (χ4n) is 1.63. The first kappa shape index (κ1) is 12.2. The fraction of sp³-hybridized carbons (Fsp3) is 0.231. The number of aryl methyl sites for hydroxylation is 1. The van der Waals surface area contributed by atoms with E-state index in [0.29, 0.717) is 0 Å². The number of hydrogen-bond donors (Lipinski definition) is 0. The first-order valence-corrected chi connectivity index (χ1v) is 6.06. The normalized spacial score (nSPS) is 12.5. The first-order valence-electron chi connectivity index (χ1n) is 5.14. The number of alkyl halides is 1. The van der Waals surface area contributed by atoms with E-state index in [1.165, 1.54) is 13.2 Å². The molecule has 17 heavy (non-hydrogen) atoms. The number of benzene rings is 1. The molecule has 90 valence electrons. The Morgan fingerprint density at radius 2 is 2.06 bits per heavy atom. The van der Waals surface area contributed by atoms with Gasteiger partial charge in [-0.1, -0.05) is 22.0 Å². The van der Waals surface area contributed by atoms with E-state index in [2.05, 4.69) is 15.9 Å². The van der Waals surface area contributed by atoms with Crippen molar-refractivity contribution in [1.82, 2.24) is 0 Å². The predicted molar refractivity (Wildman–Crippen MR) is 67.2 cm³/mol. The van der Waals surface area contributed by atoms with Gasteiger partial charge in [0.1, 0.15) is 5.76 Å². The number of hydrogen-bond acceptors (Lipinski definition) is 2. The largest absolute Gasteiger partial charge is 0.494 e. The monoisotopic (exact) mass is 298 g/mol. The number of rotatable bonds is 3. The van der Waals surface area contributed by atoms with E-state index in [-0.39, 0.29) is 16.4 Å². The molecule has 1 unspecified atom stereocenters. The van der Waals surface area contributed by atoms with Gasteiger partial charge in [-0.25, -0.2) is 4.39 Å². The second-order valence-corrected chi connectivity index (χ2v) is 4.66. The zero-order valence-electron chi connectivity index (χ0n) is 9.54. The van der Waals surface area contributed by atoms with Gasteiger partial charge in [-0.15, -0.1) is 0 Å². The summed E-state index contributed by atoms with van der Waals surface area (Å²) in [5, 5.41) is 0. The molecule has 4 heteroatoms. The summed E-state index contributed by atoms with van der Waals surface area (Å²) in [7, 11) is 1.45. The molecular formula is C13H12BrFO2. The Balaban J connectivity index is 2.31. The highest BCUT2D eigenvalue weighted by atomic mass is 79.9. The molecule has 1 heterocycles. The summed E-state index contributed by atoms with van der Waals surface area (Å²) < 4.78 is 23.7. The van der Waals surface area contributed by atoms with Crippen molar-refractivity contribution in [2.45, 2.75) is 11.8 Å². The van der Waals surface area contributed by atoms with Crippen LogP contribution in [-0.2, 0) is 0 Å². The van der Waals surface area contributed by atoms with Crippen LogP contribution in [0.5, 0.6) is 5.75 Å². The number of furan rings is 1. The van der Waals surface area contributed by atoms with E-state index < -0.39 is 0 Å². The summed E-state index contributed by atoms with van der Waals surface area (Å²) in [4.78, 5) is -0.0830. The van der Waals surface area contributed by atoms with Crippen LogP contribution >= 0.6 is 15.9 Å². The summed E-state index contributed by atoms with van der Waals surface area (Å²) in [6, 6.07) is 6.82. The smallest absolute Gasteiger partial charge is 0.165 e. The molecule has 0 saturated heterocycles. The van der Waals surface area contributed by atoms with Crippen molar-refractivity contribution in [3.05, 3.63) is 53.2 Å². The van der Waals surface area contributed by atoms with E-state index in [1.807, 2.05) is 19.1 Å². The Bertz CT molecular complexity index is 522. The van der Waals surface area contributed by atoms with Gasteiger partial charge < -0.3 is 9.15 Å². The highest BCUT2D eigenvalue weighted by Crippen LogP contribution is 2.33. The van der Waals surface area contributed by atoms with Gasteiger partial charge in [0.2, 0.25) is 0 Å².